The van der Waals surface area contributed by atoms with Crippen LogP contribution in [0.1, 0.15) is 323 Å². The van der Waals surface area contributed by atoms with Crippen molar-refractivity contribution in [3.05, 3.63) is 109 Å². The van der Waals surface area contributed by atoms with Crippen molar-refractivity contribution in [3.8, 4) is 0 Å². The first-order valence-corrected chi connectivity index (χ1v) is 42.2. The summed E-state index contributed by atoms with van der Waals surface area (Å²) in [4.78, 5) is 72.9. The lowest BCUT2D eigenvalue weighted by atomic mass is 10.1. The van der Waals surface area contributed by atoms with Gasteiger partial charge in [-0.25, -0.2) is 9.13 Å². The molecule has 0 amide bonds. The number of carbonyl (C=O) groups excluding carboxylic acids is 4. The number of unbranched alkanes of at least 4 members (excludes halogenated alkanes) is 31. The molecule has 2 unspecified atom stereocenters. The molecule has 0 saturated carbocycles. The van der Waals surface area contributed by atoms with Crippen molar-refractivity contribution in [1.82, 2.24) is 0 Å². The van der Waals surface area contributed by atoms with Crippen molar-refractivity contribution in [3.63, 3.8) is 0 Å². The maximum Gasteiger partial charge on any atom is 0.472 e. The fourth-order valence-corrected chi connectivity index (χ4v) is 11.8. The fourth-order valence-electron chi connectivity index (χ4n) is 10.2. The monoisotopic (exact) mass is 1450 g/mol. The Labute approximate surface area is 607 Å². The summed E-state index contributed by atoms with van der Waals surface area (Å²) < 4.78 is 68.4. The summed E-state index contributed by atoms with van der Waals surface area (Å²) >= 11 is 0. The van der Waals surface area contributed by atoms with E-state index < -0.39 is 97.5 Å². The maximum absolute atomic E-state index is 13.1. The summed E-state index contributed by atoms with van der Waals surface area (Å²) in [6.45, 7) is 4.70. The Balaban J connectivity index is 5.43. The molecular formula is C81H140O17P2. The van der Waals surface area contributed by atoms with Crippen molar-refractivity contribution in [2.75, 3.05) is 39.6 Å². The normalized spacial score (nSPS) is 14.5. The SMILES string of the molecule is CCCCC/C=C\C/C=C\C/C=C\C/C=C\CCCC(=O)OC[C@H](COP(=O)(O)OC[C@@H](O)COP(=O)(O)OC[C@@H](COC(=O)CCCCCCC/C=C\C=C/CCCCCC)OC(=O)CCCCCCC/C=C\CCCCCC)OC(=O)CCCCCCC/C=C\C=C/CCCCCC. The summed E-state index contributed by atoms with van der Waals surface area (Å²) in [5, 5.41) is 10.6. The maximum atomic E-state index is 13.1. The molecule has 17 nitrogen and oxygen atoms in total. The molecule has 100 heavy (non-hydrogen) atoms. The van der Waals surface area contributed by atoms with E-state index in [1.54, 1.807) is 0 Å². The minimum Gasteiger partial charge on any atom is -0.462 e. The van der Waals surface area contributed by atoms with Gasteiger partial charge in [0.25, 0.3) is 0 Å². The third-order valence-corrected chi connectivity index (χ3v) is 18.1. The number of phosphoric ester groups is 2. The molecule has 0 bridgehead atoms. The first-order chi connectivity index (χ1) is 48.7. The number of phosphoric acid groups is 2. The van der Waals surface area contributed by atoms with Gasteiger partial charge in [-0.05, 0) is 141 Å². The molecule has 0 rings (SSSR count). The number of esters is 4. The van der Waals surface area contributed by atoms with E-state index in [1.165, 1.54) is 96.3 Å². The highest BCUT2D eigenvalue weighted by Gasteiger charge is 2.30. The molecule has 0 aliphatic rings. The van der Waals surface area contributed by atoms with Gasteiger partial charge in [-0.1, -0.05) is 265 Å². The van der Waals surface area contributed by atoms with Crippen LogP contribution in [0.3, 0.4) is 0 Å². The quantitative estimate of drug-likeness (QED) is 0.0128. The Morgan fingerprint density at radius 1 is 0.290 bits per heavy atom. The molecule has 0 fully saturated rings. The molecule has 576 valence electrons. The molecule has 0 aliphatic carbocycles. The second kappa shape index (κ2) is 73.0. The Bertz CT molecular complexity index is 2320. The van der Waals surface area contributed by atoms with Gasteiger partial charge >= 0.3 is 39.5 Å². The van der Waals surface area contributed by atoms with Crippen LogP contribution in [0.5, 0.6) is 0 Å². The van der Waals surface area contributed by atoms with Gasteiger partial charge in [-0.15, -0.1) is 0 Å². The average Bonchev–Trinajstić information content (AvgIpc) is 1.06. The lowest BCUT2D eigenvalue weighted by Crippen LogP contribution is -2.30. The number of carbonyl (C=O) groups is 4. The zero-order valence-electron chi connectivity index (χ0n) is 62.8. The number of aliphatic hydroxyl groups excluding tert-OH is 1. The van der Waals surface area contributed by atoms with Crippen LogP contribution in [-0.2, 0) is 65.4 Å². The Hall–Kier alpha value is -4.28. The third-order valence-electron chi connectivity index (χ3n) is 16.2. The van der Waals surface area contributed by atoms with Gasteiger partial charge in [0.2, 0.25) is 0 Å². The number of allylic oxidation sites excluding steroid dienone is 18. The summed E-state index contributed by atoms with van der Waals surface area (Å²) in [5.74, 6) is -2.28. The van der Waals surface area contributed by atoms with Crippen LogP contribution >= 0.6 is 15.6 Å². The smallest absolute Gasteiger partial charge is 0.462 e. The topological polar surface area (TPSA) is 237 Å². The zero-order valence-corrected chi connectivity index (χ0v) is 64.6. The van der Waals surface area contributed by atoms with Gasteiger partial charge < -0.3 is 33.8 Å². The third kappa shape index (κ3) is 72.1. The van der Waals surface area contributed by atoms with Gasteiger partial charge in [-0.3, -0.25) is 37.3 Å². The van der Waals surface area contributed by atoms with Crippen molar-refractivity contribution >= 4 is 39.5 Å². The highest BCUT2D eigenvalue weighted by molar-refractivity contribution is 7.47. The minimum atomic E-state index is -4.99. The Kier molecular flexibility index (Phi) is 69.9. The molecular weight excluding hydrogens is 1310 g/mol. The van der Waals surface area contributed by atoms with Gasteiger partial charge in [0, 0.05) is 25.7 Å². The number of aliphatic hydroxyl groups is 1. The molecule has 0 aromatic rings. The number of hydrogen-bond donors (Lipinski definition) is 3. The van der Waals surface area contributed by atoms with E-state index >= 15 is 0 Å². The van der Waals surface area contributed by atoms with Crippen LogP contribution in [0.4, 0.5) is 0 Å². The minimum absolute atomic E-state index is 0.0643. The first-order valence-electron chi connectivity index (χ1n) is 39.2. The van der Waals surface area contributed by atoms with Crippen molar-refractivity contribution in [2.45, 2.75) is 341 Å². The average molecular weight is 1450 g/mol. The molecule has 0 aromatic carbocycles. The molecule has 0 saturated heterocycles. The van der Waals surface area contributed by atoms with Crippen LogP contribution in [0, 0.1) is 0 Å². The van der Waals surface area contributed by atoms with E-state index in [9.17, 15) is 43.2 Å². The number of ether oxygens (including phenoxy) is 4. The highest BCUT2D eigenvalue weighted by atomic mass is 31.2. The zero-order chi connectivity index (χ0) is 73.2. The van der Waals surface area contributed by atoms with E-state index in [0.717, 1.165) is 141 Å². The number of rotatable bonds is 73. The lowest BCUT2D eigenvalue weighted by Gasteiger charge is -2.21. The van der Waals surface area contributed by atoms with Gasteiger partial charge in [0.1, 0.15) is 19.3 Å². The fraction of sp³-hybridized carbons (Fsp3) is 0.728. The van der Waals surface area contributed by atoms with Crippen molar-refractivity contribution in [1.29, 1.82) is 0 Å². The predicted octanol–water partition coefficient (Wildman–Crippen LogP) is 22.6. The largest absolute Gasteiger partial charge is 0.472 e. The summed E-state index contributed by atoms with van der Waals surface area (Å²) in [6, 6.07) is 0. The lowest BCUT2D eigenvalue weighted by molar-refractivity contribution is -0.161. The Morgan fingerprint density at radius 3 is 0.880 bits per heavy atom. The second-order valence-electron chi connectivity index (χ2n) is 26.0. The molecule has 0 heterocycles. The summed E-state index contributed by atoms with van der Waals surface area (Å²) in [7, 11) is -9.98. The van der Waals surface area contributed by atoms with Crippen LogP contribution in [-0.4, -0.2) is 96.7 Å². The van der Waals surface area contributed by atoms with Crippen LogP contribution < -0.4 is 0 Å². The molecule has 19 heteroatoms. The molecule has 0 aromatic heterocycles. The molecule has 0 aliphatic heterocycles. The van der Waals surface area contributed by atoms with E-state index in [0.29, 0.717) is 32.1 Å². The van der Waals surface area contributed by atoms with E-state index in [4.69, 9.17) is 37.0 Å². The van der Waals surface area contributed by atoms with Crippen LogP contribution in [0.2, 0.25) is 0 Å². The van der Waals surface area contributed by atoms with Crippen LogP contribution in [0.15, 0.2) is 109 Å². The van der Waals surface area contributed by atoms with Gasteiger partial charge in [0.15, 0.2) is 12.2 Å². The van der Waals surface area contributed by atoms with Crippen molar-refractivity contribution in [2.24, 2.45) is 0 Å². The number of hydrogen-bond acceptors (Lipinski definition) is 15. The first kappa shape index (κ1) is 95.7. The Morgan fingerprint density at radius 2 is 0.530 bits per heavy atom. The van der Waals surface area contributed by atoms with Gasteiger partial charge in [-0.2, -0.15) is 0 Å². The second-order valence-corrected chi connectivity index (χ2v) is 28.9. The highest BCUT2D eigenvalue weighted by Crippen LogP contribution is 2.45. The standard InChI is InChI=1S/C81H140O17P2/c1-5-9-13-17-21-25-29-33-36-37-40-43-46-50-54-58-62-66-79(84)92-72-77(98-81(86)68-64-60-56-52-48-44-39-35-31-27-23-19-15-11-7-3)74-96-100(89,90)94-70-75(82)69-93-99(87,88)95-73-76(97-80(85)67-63-59-55-51-47-41-32-28-24-20-16-12-8-4)71-91-78(83)65-61-57-53-49-45-42-38-34-30-26-22-18-14-10-6-2/h21,25-28,30-36,38-40,43,50,54,75-77,82H,5-20,22-24,29,37,41-42,44-49,51-53,55-74H2,1-4H3,(H,87,88)(H,89,90)/b25-21-,30-26-,31-27-,32-28-,36-33-,38-34-,39-35-,43-40-,54-50-/t75-,76+,77+/m0/s1. The van der Waals surface area contributed by atoms with E-state index in [2.05, 4.69) is 125 Å². The van der Waals surface area contributed by atoms with Gasteiger partial charge in [0.05, 0.1) is 26.4 Å². The molecule has 0 radical (unpaired) electrons. The summed E-state index contributed by atoms with van der Waals surface area (Å²) in [5.41, 5.74) is 0. The predicted molar refractivity (Wildman–Crippen MR) is 408 cm³/mol. The van der Waals surface area contributed by atoms with E-state index in [1.807, 2.05) is 12.2 Å². The van der Waals surface area contributed by atoms with E-state index in [-0.39, 0.29) is 25.7 Å². The van der Waals surface area contributed by atoms with Crippen LogP contribution in [0.25, 0.3) is 0 Å². The molecule has 5 atom stereocenters. The summed E-state index contributed by atoms with van der Waals surface area (Å²) in [6.07, 6.45) is 77.9. The molecule has 0 spiro atoms. The molecule has 3 N–H and O–H groups in total. The van der Waals surface area contributed by atoms with Crippen molar-refractivity contribution < 1.29 is 80.2 Å².